The van der Waals surface area contributed by atoms with Crippen LogP contribution in [0.4, 0.5) is 0 Å². The molecule has 0 unspecified atom stereocenters. The molecule has 1 aromatic rings. The van der Waals surface area contributed by atoms with Crippen LogP contribution in [0.2, 0.25) is 0 Å². The third-order valence-corrected chi connectivity index (χ3v) is 5.98. The second-order valence-electron chi connectivity index (χ2n) is 7.86. The predicted molar refractivity (Wildman–Crippen MR) is 84.2 cm³/mol. The lowest BCUT2D eigenvalue weighted by Gasteiger charge is -2.56. The number of amides is 1. The molecule has 4 heteroatoms. The minimum atomic E-state index is 0.0668. The molecular formula is C18H26N2O2. The monoisotopic (exact) mass is 302 g/mol. The van der Waals surface area contributed by atoms with Crippen LogP contribution in [0.25, 0.3) is 0 Å². The van der Waals surface area contributed by atoms with Crippen LogP contribution in [-0.4, -0.2) is 18.0 Å². The highest BCUT2D eigenvalue weighted by Gasteiger charge is 2.51. The van der Waals surface area contributed by atoms with Gasteiger partial charge in [0.15, 0.2) is 0 Å². The molecule has 0 saturated heterocycles. The summed E-state index contributed by atoms with van der Waals surface area (Å²) in [5.41, 5.74) is 0.113. The molecule has 4 aliphatic carbocycles. The van der Waals surface area contributed by atoms with E-state index in [1.54, 1.807) is 6.26 Å². The van der Waals surface area contributed by atoms with Crippen LogP contribution in [0.5, 0.6) is 0 Å². The molecule has 120 valence electrons. The van der Waals surface area contributed by atoms with Crippen molar-refractivity contribution in [2.24, 2.45) is 17.8 Å². The van der Waals surface area contributed by atoms with Crippen molar-refractivity contribution in [3.8, 4) is 0 Å². The third-order valence-electron chi connectivity index (χ3n) is 5.98. The lowest BCUT2D eigenvalue weighted by molar-refractivity contribution is -0.126. The minimum absolute atomic E-state index is 0.0668. The Morgan fingerprint density at radius 1 is 1.27 bits per heavy atom. The summed E-state index contributed by atoms with van der Waals surface area (Å²) in [7, 11) is 0. The quantitative estimate of drug-likeness (QED) is 0.879. The maximum Gasteiger partial charge on any atom is 0.234 e. The molecule has 22 heavy (non-hydrogen) atoms. The van der Waals surface area contributed by atoms with Crippen LogP contribution in [-0.2, 0) is 4.79 Å². The Labute approximate surface area is 132 Å². The Hall–Kier alpha value is -1.29. The van der Waals surface area contributed by atoms with Gasteiger partial charge in [-0.05, 0) is 75.3 Å². The lowest BCUT2D eigenvalue weighted by atomic mass is 9.53. The number of carbonyl (C=O) groups excluding carboxylic acids is 1. The molecule has 4 fully saturated rings. The number of nitrogens with one attached hydrogen (secondary N) is 2. The van der Waals surface area contributed by atoms with E-state index in [1.165, 1.54) is 38.5 Å². The molecule has 1 aromatic heterocycles. The maximum atomic E-state index is 12.4. The summed E-state index contributed by atoms with van der Waals surface area (Å²) in [6.45, 7) is 2.39. The Morgan fingerprint density at radius 3 is 2.45 bits per heavy atom. The highest BCUT2D eigenvalue weighted by molar-refractivity contribution is 5.79. The average molecular weight is 302 g/mol. The molecule has 1 amide bonds. The largest absolute Gasteiger partial charge is 0.468 e. The zero-order valence-corrected chi connectivity index (χ0v) is 13.3. The van der Waals surface area contributed by atoms with Gasteiger partial charge in [0.2, 0.25) is 5.91 Å². The Kier molecular flexibility index (Phi) is 3.52. The maximum absolute atomic E-state index is 12.4. The van der Waals surface area contributed by atoms with Crippen molar-refractivity contribution in [3.63, 3.8) is 0 Å². The van der Waals surface area contributed by atoms with E-state index in [-0.39, 0.29) is 17.5 Å². The SMILES string of the molecule is C[C@H](NCC(=O)NC12CC3CC(CC(C3)C1)C2)c1ccco1. The van der Waals surface area contributed by atoms with Gasteiger partial charge in [-0.2, -0.15) is 0 Å². The summed E-state index contributed by atoms with van der Waals surface area (Å²) < 4.78 is 5.37. The van der Waals surface area contributed by atoms with Crippen LogP contribution in [0.1, 0.15) is 57.3 Å². The third kappa shape index (κ3) is 2.69. The van der Waals surface area contributed by atoms with Crippen molar-refractivity contribution in [3.05, 3.63) is 24.2 Å². The molecule has 0 aromatic carbocycles. The van der Waals surface area contributed by atoms with E-state index in [0.717, 1.165) is 23.5 Å². The molecule has 5 rings (SSSR count). The second kappa shape index (κ2) is 5.41. The first kappa shape index (κ1) is 14.3. The molecular weight excluding hydrogens is 276 g/mol. The highest BCUT2D eigenvalue weighted by Crippen LogP contribution is 2.55. The van der Waals surface area contributed by atoms with Gasteiger partial charge in [-0.25, -0.2) is 0 Å². The van der Waals surface area contributed by atoms with Crippen molar-refractivity contribution < 1.29 is 9.21 Å². The molecule has 1 atom stereocenters. The first-order valence-electron chi connectivity index (χ1n) is 8.70. The summed E-state index contributed by atoms with van der Waals surface area (Å²) >= 11 is 0. The lowest BCUT2D eigenvalue weighted by Crippen LogP contribution is -2.60. The molecule has 4 saturated carbocycles. The fraction of sp³-hybridized carbons (Fsp3) is 0.722. The van der Waals surface area contributed by atoms with Gasteiger partial charge in [0.05, 0.1) is 18.8 Å². The van der Waals surface area contributed by atoms with E-state index in [1.807, 2.05) is 19.1 Å². The first-order valence-corrected chi connectivity index (χ1v) is 8.70. The minimum Gasteiger partial charge on any atom is -0.468 e. The van der Waals surface area contributed by atoms with Crippen molar-refractivity contribution in [2.75, 3.05) is 6.54 Å². The normalized spacial score (nSPS) is 37.2. The van der Waals surface area contributed by atoms with Crippen LogP contribution < -0.4 is 10.6 Å². The Bertz CT molecular complexity index is 502. The van der Waals surface area contributed by atoms with Crippen LogP contribution >= 0.6 is 0 Å². The molecule has 4 aliphatic rings. The van der Waals surface area contributed by atoms with Crippen LogP contribution in [0.3, 0.4) is 0 Å². The summed E-state index contributed by atoms with van der Waals surface area (Å²) in [6.07, 6.45) is 9.51. The molecule has 0 radical (unpaired) electrons. The van der Waals surface area contributed by atoms with Gasteiger partial charge < -0.3 is 9.73 Å². The van der Waals surface area contributed by atoms with E-state index < -0.39 is 0 Å². The molecule has 1 heterocycles. The summed E-state index contributed by atoms with van der Waals surface area (Å²) in [6, 6.07) is 3.88. The fourth-order valence-corrected chi connectivity index (χ4v) is 5.49. The average Bonchev–Trinajstić information content (AvgIpc) is 2.97. The van der Waals surface area contributed by atoms with E-state index in [4.69, 9.17) is 4.42 Å². The second-order valence-corrected chi connectivity index (χ2v) is 7.86. The van der Waals surface area contributed by atoms with E-state index in [2.05, 4.69) is 10.6 Å². The number of furan rings is 1. The smallest absolute Gasteiger partial charge is 0.234 e. The summed E-state index contributed by atoms with van der Waals surface area (Å²) in [4.78, 5) is 12.4. The summed E-state index contributed by atoms with van der Waals surface area (Å²) in [5, 5.41) is 6.65. The van der Waals surface area contributed by atoms with Crippen molar-refractivity contribution in [2.45, 2.75) is 57.0 Å². The fourth-order valence-electron chi connectivity index (χ4n) is 5.49. The Balaban J connectivity index is 1.32. The van der Waals surface area contributed by atoms with Gasteiger partial charge in [0.1, 0.15) is 5.76 Å². The molecule has 4 bridgehead atoms. The molecule has 4 nitrogen and oxygen atoms in total. The van der Waals surface area contributed by atoms with Gasteiger partial charge in [-0.3, -0.25) is 10.1 Å². The predicted octanol–water partition coefficient (Wildman–Crippen LogP) is 3.02. The van der Waals surface area contributed by atoms with Gasteiger partial charge in [-0.1, -0.05) is 0 Å². The standard InChI is InChI=1S/C18H26N2O2/c1-12(16-3-2-4-22-16)19-11-17(21)20-18-8-13-5-14(9-18)7-15(6-13)10-18/h2-4,12-15,19H,5-11H2,1H3,(H,20,21)/t12-,13?,14?,15?,18?/m0/s1. The van der Waals surface area contributed by atoms with Crippen molar-refractivity contribution >= 4 is 5.91 Å². The van der Waals surface area contributed by atoms with Gasteiger partial charge in [0, 0.05) is 5.54 Å². The van der Waals surface area contributed by atoms with Gasteiger partial charge in [-0.15, -0.1) is 0 Å². The zero-order valence-electron chi connectivity index (χ0n) is 13.3. The van der Waals surface area contributed by atoms with E-state index in [9.17, 15) is 4.79 Å². The van der Waals surface area contributed by atoms with E-state index >= 15 is 0 Å². The highest BCUT2D eigenvalue weighted by atomic mass is 16.3. The van der Waals surface area contributed by atoms with Gasteiger partial charge >= 0.3 is 0 Å². The number of hydrogen-bond donors (Lipinski definition) is 2. The molecule has 0 spiro atoms. The topological polar surface area (TPSA) is 54.3 Å². The Morgan fingerprint density at radius 2 is 1.91 bits per heavy atom. The van der Waals surface area contributed by atoms with Crippen LogP contribution in [0, 0.1) is 17.8 Å². The van der Waals surface area contributed by atoms with Crippen molar-refractivity contribution in [1.29, 1.82) is 0 Å². The molecule has 0 aliphatic heterocycles. The summed E-state index contributed by atoms with van der Waals surface area (Å²) in [5.74, 6) is 3.60. The zero-order chi connectivity index (χ0) is 15.2. The van der Waals surface area contributed by atoms with Crippen molar-refractivity contribution in [1.82, 2.24) is 10.6 Å². The van der Waals surface area contributed by atoms with Crippen LogP contribution in [0.15, 0.2) is 22.8 Å². The first-order chi connectivity index (χ1) is 10.6. The molecule has 2 N–H and O–H groups in total. The number of hydrogen-bond acceptors (Lipinski definition) is 3. The number of rotatable bonds is 5. The number of carbonyl (C=O) groups is 1. The van der Waals surface area contributed by atoms with Gasteiger partial charge in [0.25, 0.3) is 0 Å². The van der Waals surface area contributed by atoms with E-state index in [0.29, 0.717) is 6.54 Å².